The monoisotopic (exact) mass is 603 g/mol. The number of nitrogens with one attached hydrogen (secondary N) is 2. The first-order chi connectivity index (χ1) is 19.9. The molecule has 0 amide bonds. The van der Waals surface area contributed by atoms with Crippen molar-refractivity contribution in [2.45, 2.75) is 43.9 Å². The molecule has 1 aromatic heterocycles. The van der Waals surface area contributed by atoms with Crippen molar-refractivity contribution in [2.75, 3.05) is 19.6 Å². The minimum absolute atomic E-state index is 0.0267. The lowest BCUT2D eigenvalue weighted by Gasteiger charge is -2.20. The van der Waals surface area contributed by atoms with E-state index in [4.69, 9.17) is 5.14 Å². The number of hydrogen-bond donors (Lipinski definition) is 3. The summed E-state index contributed by atoms with van der Waals surface area (Å²) in [6.07, 6.45) is 12.4. The van der Waals surface area contributed by atoms with Crippen molar-refractivity contribution in [2.24, 2.45) is 20.1 Å². The van der Waals surface area contributed by atoms with E-state index in [2.05, 4.69) is 42.3 Å². The van der Waals surface area contributed by atoms with Gasteiger partial charge in [-0.25, -0.2) is 28.2 Å². The highest BCUT2D eigenvalue weighted by atomic mass is 32.2. The Morgan fingerprint density at radius 3 is 2.71 bits per heavy atom. The Balaban J connectivity index is 1.55. The number of halogens is 3. The van der Waals surface area contributed by atoms with Crippen LogP contribution in [0.1, 0.15) is 32.2 Å². The number of allylic oxidation sites excluding steroid dienone is 7. The first-order valence-electron chi connectivity index (χ1n) is 13.1. The lowest BCUT2D eigenvalue weighted by atomic mass is 10.0. The standard InChI is InChI=1S/C27H32F3N9O2S/c1-3-19(2)23(42(31,40)41)11-8-21-5-4-14-33-25(37-24(16-34-21)38-26(12-13-26)27(28,29)30)35-15-20-6-9-22(10-7-20)39-18-32-17-36-39/h3-9,11,17-18,22H,1,10,12-16H2,2H3,(H2,31,40,41)(H2,33,35,37,38)/b5-4-,11-8+,23-19+,34-21?. The fraction of sp³-hybridized carbons (Fsp3) is 0.370. The molecule has 0 radical (unpaired) electrons. The van der Waals surface area contributed by atoms with Crippen molar-refractivity contribution in [3.63, 3.8) is 0 Å². The molecular formula is C27H32F3N9O2S. The summed E-state index contributed by atoms with van der Waals surface area (Å²) in [4.78, 5) is 16.7. The van der Waals surface area contributed by atoms with Gasteiger partial charge in [0, 0.05) is 6.54 Å². The van der Waals surface area contributed by atoms with Gasteiger partial charge in [0.25, 0.3) is 0 Å². The molecule has 224 valence electrons. The molecule has 1 saturated carbocycles. The lowest BCUT2D eigenvalue weighted by Crippen LogP contribution is -2.44. The Kier molecular flexibility index (Phi) is 9.41. The van der Waals surface area contributed by atoms with E-state index in [1.54, 1.807) is 30.1 Å². The number of alkyl halides is 3. The van der Waals surface area contributed by atoms with E-state index in [-0.39, 0.29) is 48.7 Å². The van der Waals surface area contributed by atoms with Gasteiger partial charge in [0.15, 0.2) is 11.5 Å². The minimum Gasteiger partial charge on any atom is -0.352 e. The maximum Gasteiger partial charge on any atom is 0.413 e. The third kappa shape index (κ3) is 8.00. The summed E-state index contributed by atoms with van der Waals surface area (Å²) in [6.45, 7) is 5.41. The summed E-state index contributed by atoms with van der Waals surface area (Å²) in [7, 11) is -4.05. The van der Waals surface area contributed by atoms with E-state index in [0.29, 0.717) is 24.3 Å². The summed E-state index contributed by atoms with van der Waals surface area (Å²) in [5.41, 5.74) is -0.567. The predicted molar refractivity (Wildman–Crippen MR) is 156 cm³/mol. The van der Waals surface area contributed by atoms with Crippen LogP contribution in [-0.4, -0.2) is 72.0 Å². The fourth-order valence-electron chi connectivity index (χ4n) is 4.13. The highest BCUT2D eigenvalue weighted by Gasteiger charge is 2.64. The quantitative estimate of drug-likeness (QED) is 0.389. The number of sulfonamides is 1. The average molecular weight is 604 g/mol. The topological polar surface area (TPSA) is 152 Å². The van der Waals surface area contributed by atoms with E-state index < -0.39 is 21.7 Å². The van der Waals surface area contributed by atoms with E-state index in [1.165, 1.54) is 24.6 Å². The molecule has 1 fully saturated rings. The van der Waals surface area contributed by atoms with Gasteiger partial charge in [-0.2, -0.15) is 18.3 Å². The maximum atomic E-state index is 13.8. The maximum absolute atomic E-state index is 13.8. The van der Waals surface area contributed by atoms with E-state index in [0.717, 1.165) is 5.57 Å². The van der Waals surface area contributed by atoms with Crippen LogP contribution in [0.15, 0.2) is 98.9 Å². The van der Waals surface area contributed by atoms with Crippen LogP contribution in [0.2, 0.25) is 0 Å². The Bertz CT molecular complexity index is 1530. The number of primary sulfonamides is 1. The van der Waals surface area contributed by atoms with Crippen molar-refractivity contribution in [1.29, 1.82) is 0 Å². The number of aliphatic imine (C=N–C) groups is 3. The van der Waals surface area contributed by atoms with Crippen LogP contribution < -0.4 is 15.8 Å². The Morgan fingerprint density at radius 2 is 2.12 bits per heavy atom. The van der Waals surface area contributed by atoms with Crippen molar-refractivity contribution in [1.82, 2.24) is 25.4 Å². The van der Waals surface area contributed by atoms with Crippen molar-refractivity contribution >= 4 is 27.5 Å². The smallest absolute Gasteiger partial charge is 0.352 e. The van der Waals surface area contributed by atoms with Gasteiger partial charge >= 0.3 is 6.18 Å². The zero-order valence-electron chi connectivity index (χ0n) is 22.9. The highest BCUT2D eigenvalue weighted by molar-refractivity contribution is 7.93. The fourth-order valence-corrected chi connectivity index (χ4v) is 4.92. The summed E-state index contributed by atoms with van der Waals surface area (Å²) < 4.78 is 67.1. The molecule has 15 heteroatoms. The van der Waals surface area contributed by atoms with E-state index in [1.807, 2.05) is 18.2 Å². The van der Waals surface area contributed by atoms with Crippen LogP contribution in [0.25, 0.3) is 0 Å². The van der Waals surface area contributed by atoms with Crippen LogP contribution in [0.5, 0.6) is 0 Å². The number of aromatic nitrogens is 3. The van der Waals surface area contributed by atoms with Crippen LogP contribution in [0.3, 0.4) is 0 Å². The van der Waals surface area contributed by atoms with Gasteiger partial charge in [0.1, 0.15) is 18.5 Å². The molecular weight excluding hydrogens is 571 g/mol. The molecule has 11 nitrogen and oxygen atoms in total. The van der Waals surface area contributed by atoms with Crippen molar-refractivity contribution < 1.29 is 21.6 Å². The highest BCUT2D eigenvalue weighted by Crippen LogP contribution is 2.52. The van der Waals surface area contributed by atoms with Gasteiger partial charge in [-0.1, -0.05) is 37.0 Å². The number of guanidine groups is 1. The first-order valence-corrected chi connectivity index (χ1v) is 14.6. The van der Waals surface area contributed by atoms with Gasteiger partial charge in [-0.05, 0) is 55.6 Å². The van der Waals surface area contributed by atoms with Crippen molar-refractivity contribution in [3.8, 4) is 0 Å². The SMILES string of the molecule is C=C/C(C)=C(\C=C\C1=NCC(=NC2(C(F)(F)F)CC2)NC(NCC2=CCC(n3cncn3)C=C2)=NC/C=C\1)S(N)(=O)=O. The molecule has 2 heterocycles. The largest absolute Gasteiger partial charge is 0.413 e. The summed E-state index contributed by atoms with van der Waals surface area (Å²) >= 11 is 0. The Hall–Kier alpha value is -4.11. The number of amidine groups is 1. The van der Waals surface area contributed by atoms with Gasteiger partial charge in [-0.15, -0.1) is 0 Å². The van der Waals surface area contributed by atoms with Gasteiger partial charge < -0.3 is 10.6 Å². The first kappa shape index (κ1) is 30.8. The third-order valence-electron chi connectivity index (χ3n) is 6.71. The molecule has 4 rings (SSSR count). The number of nitrogens with zero attached hydrogens (tertiary/aromatic N) is 6. The number of nitrogens with two attached hydrogens (primary N) is 1. The number of rotatable bonds is 8. The lowest BCUT2D eigenvalue weighted by molar-refractivity contribution is -0.155. The third-order valence-corrected chi connectivity index (χ3v) is 7.79. The molecule has 1 atom stereocenters. The van der Waals surface area contributed by atoms with Crippen LogP contribution in [-0.2, 0) is 10.0 Å². The minimum atomic E-state index is -4.51. The molecule has 1 aromatic rings. The molecule has 42 heavy (non-hydrogen) atoms. The van der Waals surface area contributed by atoms with Gasteiger partial charge in [0.05, 0.1) is 29.7 Å². The van der Waals surface area contributed by atoms with E-state index >= 15 is 0 Å². The summed E-state index contributed by atoms with van der Waals surface area (Å²) in [5, 5.41) is 15.5. The van der Waals surface area contributed by atoms with E-state index in [9.17, 15) is 21.6 Å². The normalized spacial score (nSPS) is 23.3. The Labute approximate surface area is 242 Å². The molecule has 0 aromatic carbocycles. The second kappa shape index (κ2) is 12.8. The second-order valence-corrected chi connectivity index (χ2v) is 11.4. The van der Waals surface area contributed by atoms with Gasteiger partial charge in [-0.3, -0.25) is 9.98 Å². The van der Waals surface area contributed by atoms with Crippen LogP contribution in [0.4, 0.5) is 13.2 Å². The molecule has 3 aliphatic rings. The molecule has 2 aliphatic carbocycles. The van der Waals surface area contributed by atoms with Crippen LogP contribution >= 0.6 is 0 Å². The predicted octanol–water partition coefficient (Wildman–Crippen LogP) is 3.05. The average Bonchev–Trinajstić information content (AvgIpc) is 3.53. The number of hydrogen-bond acceptors (Lipinski definition) is 8. The molecule has 0 saturated heterocycles. The second-order valence-electron chi connectivity index (χ2n) is 9.85. The van der Waals surface area contributed by atoms with Crippen LogP contribution in [0, 0.1) is 0 Å². The van der Waals surface area contributed by atoms with Crippen molar-refractivity contribution in [3.05, 3.63) is 83.9 Å². The van der Waals surface area contributed by atoms with Gasteiger partial charge in [0.2, 0.25) is 10.0 Å². The summed E-state index contributed by atoms with van der Waals surface area (Å²) in [6, 6.07) is 0.0552. The molecule has 1 unspecified atom stereocenters. The summed E-state index contributed by atoms with van der Waals surface area (Å²) in [5.74, 6) is 0.223. The molecule has 4 N–H and O–H groups in total. The zero-order chi connectivity index (χ0) is 30.4. The zero-order valence-corrected chi connectivity index (χ0v) is 23.7. The molecule has 0 spiro atoms. The Morgan fingerprint density at radius 1 is 1.33 bits per heavy atom. The molecule has 1 aliphatic heterocycles. The molecule has 0 bridgehead atoms.